The van der Waals surface area contributed by atoms with Gasteiger partial charge in [0.15, 0.2) is 0 Å². The molecule has 0 amide bonds. The Morgan fingerprint density at radius 3 is 2.27 bits per heavy atom. The van der Waals surface area contributed by atoms with Gasteiger partial charge in [0.2, 0.25) is 0 Å². The molecule has 0 radical (unpaired) electrons. The molecule has 0 saturated heterocycles. The Balaban J connectivity index is 2.91. The number of aryl methyl sites for hydroxylation is 1. The third-order valence-corrected chi connectivity index (χ3v) is 3.07. The van der Waals surface area contributed by atoms with E-state index in [1.165, 1.54) is 0 Å². The molecule has 2 atom stereocenters. The first-order valence-electron chi connectivity index (χ1n) is 5.45. The first kappa shape index (κ1) is 12.2. The highest BCUT2D eigenvalue weighted by Crippen LogP contribution is 2.23. The van der Waals surface area contributed by atoms with Crippen molar-refractivity contribution in [3.05, 3.63) is 35.1 Å². The van der Waals surface area contributed by atoms with E-state index in [9.17, 15) is 4.39 Å². The van der Waals surface area contributed by atoms with Gasteiger partial charge in [-0.3, -0.25) is 0 Å². The van der Waals surface area contributed by atoms with Crippen LogP contribution in [0.1, 0.15) is 37.8 Å². The van der Waals surface area contributed by atoms with Gasteiger partial charge in [-0.1, -0.05) is 32.9 Å². The van der Waals surface area contributed by atoms with Crippen LogP contribution in [0.15, 0.2) is 18.2 Å². The van der Waals surface area contributed by atoms with E-state index in [4.69, 9.17) is 5.73 Å². The fourth-order valence-corrected chi connectivity index (χ4v) is 1.69. The highest BCUT2D eigenvalue weighted by atomic mass is 19.1. The van der Waals surface area contributed by atoms with Crippen LogP contribution in [0.3, 0.4) is 0 Å². The predicted octanol–water partition coefficient (Wildman–Crippen LogP) is 3.22. The minimum atomic E-state index is -0.143. The third kappa shape index (κ3) is 2.78. The largest absolute Gasteiger partial charge is 0.327 e. The molecule has 2 heteroatoms. The van der Waals surface area contributed by atoms with Gasteiger partial charge in [0.25, 0.3) is 0 Å². The molecule has 1 rings (SSSR count). The maximum absolute atomic E-state index is 13.4. The Hall–Kier alpha value is -0.890. The van der Waals surface area contributed by atoms with Gasteiger partial charge in [0, 0.05) is 6.04 Å². The number of hydrogen-bond acceptors (Lipinski definition) is 1. The van der Waals surface area contributed by atoms with E-state index in [1.807, 2.05) is 12.1 Å². The van der Waals surface area contributed by atoms with E-state index < -0.39 is 0 Å². The highest BCUT2D eigenvalue weighted by molar-refractivity contribution is 5.26. The van der Waals surface area contributed by atoms with Crippen molar-refractivity contribution in [2.75, 3.05) is 0 Å². The predicted molar refractivity (Wildman–Crippen MR) is 62.4 cm³/mol. The van der Waals surface area contributed by atoms with Gasteiger partial charge in [-0.15, -0.1) is 0 Å². The van der Waals surface area contributed by atoms with Crippen LogP contribution >= 0.6 is 0 Å². The third-order valence-electron chi connectivity index (χ3n) is 3.07. The molecular formula is C13H20FN. The maximum Gasteiger partial charge on any atom is 0.126 e. The van der Waals surface area contributed by atoms with E-state index >= 15 is 0 Å². The molecule has 15 heavy (non-hydrogen) atoms. The Kier molecular flexibility index (Phi) is 3.86. The van der Waals surface area contributed by atoms with Crippen molar-refractivity contribution < 1.29 is 4.39 Å². The second-order valence-electron chi connectivity index (χ2n) is 4.62. The SMILES string of the molecule is Cc1ccc(C(C)C(N)C(C)C)cc1F. The smallest absolute Gasteiger partial charge is 0.126 e. The summed E-state index contributed by atoms with van der Waals surface area (Å²) in [5.41, 5.74) is 7.73. The van der Waals surface area contributed by atoms with Crippen LogP contribution in [-0.4, -0.2) is 6.04 Å². The second-order valence-corrected chi connectivity index (χ2v) is 4.62. The average Bonchev–Trinajstić information content (AvgIpc) is 2.19. The molecule has 0 bridgehead atoms. The van der Waals surface area contributed by atoms with Crippen LogP contribution in [0.25, 0.3) is 0 Å². The second kappa shape index (κ2) is 4.75. The monoisotopic (exact) mass is 209 g/mol. The fraction of sp³-hybridized carbons (Fsp3) is 0.538. The lowest BCUT2D eigenvalue weighted by Gasteiger charge is -2.23. The fourth-order valence-electron chi connectivity index (χ4n) is 1.69. The number of halogens is 1. The van der Waals surface area contributed by atoms with Crippen molar-refractivity contribution in [1.82, 2.24) is 0 Å². The molecule has 0 aromatic heterocycles. The number of rotatable bonds is 3. The molecule has 0 aliphatic rings. The molecule has 0 heterocycles. The first-order chi connectivity index (χ1) is 6.93. The molecule has 0 spiro atoms. The lowest BCUT2D eigenvalue weighted by molar-refractivity contribution is 0.433. The Morgan fingerprint density at radius 2 is 1.80 bits per heavy atom. The van der Waals surface area contributed by atoms with Gasteiger partial charge in [-0.2, -0.15) is 0 Å². The van der Waals surface area contributed by atoms with Crippen LogP contribution in [0, 0.1) is 18.7 Å². The maximum atomic E-state index is 13.4. The van der Waals surface area contributed by atoms with E-state index in [2.05, 4.69) is 20.8 Å². The van der Waals surface area contributed by atoms with Gasteiger partial charge in [0.05, 0.1) is 0 Å². The number of nitrogens with two attached hydrogens (primary N) is 1. The van der Waals surface area contributed by atoms with Crippen molar-refractivity contribution >= 4 is 0 Å². The molecule has 2 unspecified atom stereocenters. The van der Waals surface area contributed by atoms with Gasteiger partial charge in [-0.25, -0.2) is 4.39 Å². The van der Waals surface area contributed by atoms with Crippen molar-refractivity contribution in [3.63, 3.8) is 0 Å². The van der Waals surface area contributed by atoms with Crippen LogP contribution in [0.2, 0.25) is 0 Å². The Labute approximate surface area is 91.5 Å². The highest BCUT2D eigenvalue weighted by Gasteiger charge is 2.18. The van der Waals surface area contributed by atoms with Gasteiger partial charge in [-0.05, 0) is 36.0 Å². The summed E-state index contributed by atoms with van der Waals surface area (Å²) < 4.78 is 13.4. The van der Waals surface area contributed by atoms with Gasteiger partial charge >= 0.3 is 0 Å². The molecule has 0 aliphatic carbocycles. The van der Waals surface area contributed by atoms with E-state index in [0.29, 0.717) is 11.5 Å². The molecule has 1 nitrogen and oxygen atoms in total. The van der Waals surface area contributed by atoms with Crippen molar-refractivity contribution in [2.45, 2.75) is 39.7 Å². The van der Waals surface area contributed by atoms with Crippen molar-refractivity contribution in [1.29, 1.82) is 0 Å². The summed E-state index contributed by atoms with van der Waals surface area (Å²) in [6.07, 6.45) is 0. The van der Waals surface area contributed by atoms with Crippen LogP contribution in [0.5, 0.6) is 0 Å². The van der Waals surface area contributed by atoms with E-state index in [-0.39, 0.29) is 17.8 Å². The van der Waals surface area contributed by atoms with E-state index in [0.717, 1.165) is 5.56 Å². The van der Waals surface area contributed by atoms with Crippen LogP contribution in [-0.2, 0) is 0 Å². The zero-order valence-corrected chi connectivity index (χ0v) is 9.92. The Bertz CT molecular complexity index is 333. The summed E-state index contributed by atoms with van der Waals surface area (Å²) >= 11 is 0. The molecule has 1 aromatic rings. The summed E-state index contributed by atoms with van der Waals surface area (Å²) in [7, 11) is 0. The topological polar surface area (TPSA) is 26.0 Å². The summed E-state index contributed by atoms with van der Waals surface area (Å²) in [5.74, 6) is 0.458. The Morgan fingerprint density at radius 1 is 1.20 bits per heavy atom. The van der Waals surface area contributed by atoms with Crippen LogP contribution < -0.4 is 5.73 Å². The summed E-state index contributed by atoms with van der Waals surface area (Å²) in [4.78, 5) is 0. The number of hydrogen-bond donors (Lipinski definition) is 1. The van der Waals surface area contributed by atoms with E-state index in [1.54, 1.807) is 13.0 Å². The molecule has 0 aliphatic heterocycles. The summed E-state index contributed by atoms with van der Waals surface area (Å²) in [6, 6.07) is 5.45. The van der Waals surface area contributed by atoms with Gasteiger partial charge < -0.3 is 5.73 Å². The van der Waals surface area contributed by atoms with Crippen molar-refractivity contribution in [2.24, 2.45) is 11.7 Å². The lowest BCUT2D eigenvalue weighted by atomic mass is 9.87. The quantitative estimate of drug-likeness (QED) is 0.812. The summed E-state index contributed by atoms with van der Waals surface area (Å²) in [6.45, 7) is 8.00. The summed E-state index contributed by atoms with van der Waals surface area (Å²) in [5, 5.41) is 0. The molecular weight excluding hydrogens is 189 g/mol. The zero-order chi connectivity index (χ0) is 11.6. The molecule has 84 valence electrons. The first-order valence-corrected chi connectivity index (χ1v) is 5.45. The minimum absolute atomic E-state index is 0.0760. The molecule has 2 N–H and O–H groups in total. The average molecular weight is 209 g/mol. The van der Waals surface area contributed by atoms with Crippen molar-refractivity contribution in [3.8, 4) is 0 Å². The lowest BCUT2D eigenvalue weighted by Crippen LogP contribution is -2.32. The number of benzene rings is 1. The molecule has 1 aromatic carbocycles. The van der Waals surface area contributed by atoms with Crippen LogP contribution in [0.4, 0.5) is 4.39 Å². The zero-order valence-electron chi connectivity index (χ0n) is 9.92. The molecule has 0 fully saturated rings. The minimum Gasteiger partial charge on any atom is -0.327 e. The van der Waals surface area contributed by atoms with Gasteiger partial charge in [0.1, 0.15) is 5.82 Å². The normalized spacial score (nSPS) is 15.4. The standard InChI is InChI=1S/C13H20FN/c1-8(2)13(15)10(4)11-6-5-9(3)12(14)7-11/h5-8,10,13H,15H2,1-4H3. The molecule has 0 saturated carbocycles.